The highest BCUT2D eigenvalue weighted by atomic mass is 15.3. The summed E-state index contributed by atoms with van der Waals surface area (Å²) in [6, 6.07) is 3.70. The second-order valence-electron chi connectivity index (χ2n) is 4.16. The SMILES string of the molecule is Cn1nc(C2CC2)nc1-c1ccc(N)nc1. The van der Waals surface area contributed by atoms with Crippen molar-refractivity contribution in [1.82, 2.24) is 19.7 Å². The van der Waals surface area contributed by atoms with Crippen LogP contribution in [-0.2, 0) is 7.05 Å². The quantitative estimate of drug-likeness (QED) is 0.820. The molecule has 0 saturated heterocycles. The van der Waals surface area contributed by atoms with Crippen LogP contribution in [0.2, 0.25) is 0 Å². The summed E-state index contributed by atoms with van der Waals surface area (Å²) in [6.45, 7) is 0. The summed E-state index contributed by atoms with van der Waals surface area (Å²) in [7, 11) is 1.91. The number of aryl methyl sites for hydroxylation is 1. The minimum Gasteiger partial charge on any atom is -0.384 e. The molecule has 2 heterocycles. The molecule has 1 fully saturated rings. The fraction of sp³-hybridized carbons (Fsp3) is 0.364. The van der Waals surface area contributed by atoms with Crippen LogP contribution < -0.4 is 5.73 Å². The zero-order valence-corrected chi connectivity index (χ0v) is 9.09. The van der Waals surface area contributed by atoms with Crippen molar-refractivity contribution in [2.75, 3.05) is 5.73 Å². The lowest BCUT2D eigenvalue weighted by molar-refractivity contribution is 0.750. The molecule has 2 N–H and O–H groups in total. The van der Waals surface area contributed by atoms with Gasteiger partial charge in [0.15, 0.2) is 11.6 Å². The number of hydrogen-bond donors (Lipinski definition) is 1. The van der Waals surface area contributed by atoms with Crippen molar-refractivity contribution < 1.29 is 0 Å². The molecular formula is C11H13N5. The fourth-order valence-corrected chi connectivity index (χ4v) is 1.71. The van der Waals surface area contributed by atoms with E-state index in [1.807, 2.05) is 13.1 Å². The van der Waals surface area contributed by atoms with E-state index in [0.717, 1.165) is 17.2 Å². The van der Waals surface area contributed by atoms with Crippen molar-refractivity contribution in [2.24, 2.45) is 7.05 Å². The van der Waals surface area contributed by atoms with E-state index in [1.54, 1.807) is 16.9 Å². The van der Waals surface area contributed by atoms with Crippen LogP contribution in [0.4, 0.5) is 5.82 Å². The molecule has 82 valence electrons. The Morgan fingerprint density at radius 2 is 2.19 bits per heavy atom. The van der Waals surface area contributed by atoms with Crippen molar-refractivity contribution in [3.8, 4) is 11.4 Å². The number of anilines is 1. The third kappa shape index (κ3) is 1.54. The van der Waals surface area contributed by atoms with E-state index in [4.69, 9.17) is 5.73 Å². The maximum atomic E-state index is 5.55. The molecular weight excluding hydrogens is 202 g/mol. The summed E-state index contributed by atoms with van der Waals surface area (Å²) >= 11 is 0. The summed E-state index contributed by atoms with van der Waals surface area (Å²) in [5, 5.41) is 4.42. The van der Waals surface area contributed by atoms with Crippen molar-refractivity contribution >= 4 is 5.82 Å². The van der Waals surface area contributed by atoms with Crippen LogP contribution in [-0.4, -0.2) is 19.7 Å². The topological polar surface area (TPSA) is 69.6 Å². The molecule has 0 amide bonds. The van der Waals surface area contributed by atoms with E-state index in [1.165, 1.54) is 12.8 Å². The van der Waals surface area contributed by atoms with E-state index in [-0.39, 0.29) is 0 Å². The van der Waals surface area contributed by atoms with Gasteiger partial charge in [0.2, 0.25) is 0 Å². The first-order valence-electron chi connectivity index (χ1n) is 5.37. The lowest BCUT2D eigenvalue weighted by atomic mass is 10.2. The third-order valence-corrected chi connectivity index (χ3v) is 2.77. The Morgan fingerprint density at radius 1 is 1.38 bits per heavy atom. The third-order valence-electron chi connectivity index (χ3n) is 2.77. The van der Waals surface area contributed by atoms with Crippen LogP contribution in [0.5, 0.6) is 0 Å². The summed E-state index contributed by atoms with van der Waals surface area (Å²) in [5.41, 5.74) is 6.51. The minimum absolute atomic E-state index is 0.522. The first kappa shape index (κ1) is 9.33. The zero-order valence-electron chi connectivity index (χ0n) is 9.09. The zero-order chi connectivity index (χ0) is 11.1. The number of nitrogens with zero attached hydrogens (tertiary/aromatic N) is 4. The van der Waals surface area contributed by atoms with Gasteiger partial charge in [-0.05, 0) is 25.0 Å². The van der Waals surface area contributed by atoms with Gasteiger partial charge in [-0.3, -0.25) is 0 Å². The molecule has 5 heteroatoms. The lowest BCUT2D eigenvalue weighted by Crippen LogP contribution is -1.96. The minimum atomic E-state index is 0.522. The van der Waals surface area contributed by atoms with Gasteiger partial charge < -0.3 is 5.73 Å². The van der Waals surface area contributed by atoms with Crippen LogP contribution in [0.15, 0.2) is 18.3 Å². The highest BCUT2D eigenvalue weighted by Gasteiger charge is 2.28. The van der Waals surface area contributed by atoms with Crippen LogP contribution in [0.3, 0.4) is 0 Å². The lowest BCUT2D eigenvalue weighted by Gasteiger charge is -1.99. The Hall–Kier alpha value is -1.91. The maximum Gasteiger partial charge on any atom is 0.159 e. The summed E-state index contributed by atoms with van der Waals surface area (Å²) < 4.78 is 1.81. The van der Waals surface area contributed by atoms with Gasteiger partial charge in [-0.25, -0.2) is 14.6 Å². The van der Waals surface area contributed by atoms with E-state index < -0.39 is 0 Å². The molecule has 0 spiro atoms. The Balaban J connectivity index is 2.01. The molecule has 3 rings (SSSR count). The first-order chi connectivity index (χ1) is 7.74. The van der Waals surface area contributed by atoms with E-state index in [0.29, 0.717) is 11.7 Å². The average molecular weight is 215 g/mol. The molecule has 0 unspecified atom stereocenters. The average Bonchev–Trinajstić information content (AvgIpc) is 3.04. The van der Waals surface area contributed by atoms with Gasteiger partial charge in [-0.2, -0.15) is 5.10 Å². The monoisotopic (exact) mass is 215 g/mol. The second kappa shape index (κ2) is 3.30. The van der Waals surface area contributed by atoms with Crippen molar-refractivity contribution in [3.05, 3.63) is 24.2 Å². The van der Waals surface area contributed by atoms with Gasteiger partial charge in [0, 0.05) is 24.7 Å². The molecule has 1 aliphatic rings. The van der Waals surface area contributed by atoms with Crippen LogP contribution in [0, 0.1) is 0 Å². The summed E-state index contributed by atoms with van der Waals surface area (Å²) in [6.07, 6.45) is 4.16. The summed E-state index contributed by atoms with van der Waals surface area (Å²) in [5.74, 6) is 2.90. The Kier molecular flexibility index (Phi) is 1.92. The molecule has 0 aliphatic heterocycles. The van der Waals surface area contributed by atoms with Gasteiger partial charge >= 0.3 is 0 Å². The highest BCUT2D eigenvalue weighted by molar-refractivity contribution is 5.55. The Bertz CT molecular complexity index is 510. The van der Waals surface area contributed by atoms with Crippen LogP contribution in [0.25, 0.3) is 11.4 Å². The number of rotatable bonds is 2. The molecule has 0 aromatic carbocycles. The van der Waals surface area contributed by atoms with Crippen molar-refractivity contribution in [3.63, 3.8) is 0 Å². The molecule has 0 atom stereocenters. The smallest absolute Gasteiger partial charge is 0.159 e. The molecule has 1 aliphatic carbocycles. The number of pyridine rings is 1. The standard InChI is InChI=1S/C11H13N5/c1-16-11(8-4-5-9(12)13-6-8)14-10(15-16)7-2-3-7/h4-7H,2-3H2,1H3,(H2,12,13). The van der Waals surface area contributed by atoms with Crippen molar-refractivity contribution in [2.45, 2.75) is 18.8 Å². The second-order valence-corrected chi connectivity index (χ2v) is 4.16. The summed E-state index contributed by atoms with van der Waals surface area (Å²) in [4.78, 5) is 8.61. The van der Waals surface area contributed by atoms with Gasteiger partial charge in [0.25, 0.3) is 0 Å². The molecule has 0 radical (unpaired) electrons. The van der Waals surface area contributed by atoms with Crippen LogP contribution >= 0.6 is 0 Å². The number of hydrogen-bond acceptors (Lipinski definition) is 4. The van der Waals surface area contributed by atoms with Crippen LogP contribution in [0.1, 0.15) is 24.6 Å². The number of nitrogen functional groups attached to an aromatic ring is 1. The van der Waals surface area contributed by atoms with E-state index in [9.17, 15) is 0 Å². The van der Waals surface area contributed by atoms with E-state index >= 15 is 0 Å². The molecule has 1 saturated carbocycles. The number of aromatic nitrogens is 4. The first-order valence-corrected chi connectivity index (χ1v) is 5.37. The molecule has 5 nitrogen and oxygen atoms in total. The van der Waals surface area contributed by atoms with Gasteiger partial charge in [-0.15, -0.1) is 0 Å². The van der Waals surface area contributed by atoms with E-state index in [2.05, 4.69) is 15.1 Å². The van der Waals surface area contributed by atoms with Gasteiger partial charge in [0.1, 0.15) is 5.82 Å². The Morgan fingerprint density at radius 3 is 2.81 bits per heavy atom. The molecule has 0 bridgehead atoms. The van der Waals surface area contributed by atoms with Gasteiger partial charge in [0.05, 0.1) is 0 Å². The largest absolute Gasteiger partial charge is 0.384 e. The number of nitrogens with two attached hydrogens (primary N) is 1. The normalized spacial score (nSPS) is 15.3. The van der Waals surface area contributed by atoms with Gasteiger partial charge in [-0.1, -0.05) is 0 Å². The highest BCUT2D eigenvalue weighted by Crippen LogP contribution is 2.38. The fourth-order valence-electron chi connectivity index (χ4n) is 1.71. The molecule has 2 aromatic heterocycles. The molecule has 16 heavy (non-hydrogen) atoms. The maximum absolute atomic E-state index is 5.55. The Labute approximate surface area is 93.3 Å². The molecule has 2 aromatic rings. The van der Waals surface area contributed by atoms with Crippen molar-refractivity contribution in [1.29, 1.82) is 0 Å². The predicted octanol–water partition coefficient (Wildman–Crippen LogP) is 1.34. The predicted molar refractivity (Wildman–Crippen MR) is 60.6 cm³/mol.